The molecule has 1 N–H and O–H groups in total. The highest BCUT2D eigenvalue weighted by molar-refractivity contribution is 5.32. The van der Waals surface area contributed by atoms with Gasteiger partial charge in [0.25, 0.3) is 0 Å². The lowest BCUT2D eigenvalue weighted by molar-refractivity contribution is -0.0182. The minimum Gasteiger partial charge on any atom is -0.379 e. The van der Waals surface area contributed by atoms with Crippen LogP contribution in [-0.2, 0) is 15.9 Å². The fourth-order valence-corrected chi connectivity index (χ4v) is 3.02. The van der Waals surface area contributed by atoms with Gasteiger partial charge in [-0.15, -0.1) is 0 Å². The van der Waals surface area contributed by atoms with Gasteiger partial charge in [-0.05, 0) is 43.4 Å². The van der Waals surface area contributed by atoms with E-state index in [4.69, 9.17) is 9.47 Å². The molecular formula is C18H29NO2. The first-order chi connectivity index (χ1) is 10.2. The Labute approximate surface area is 129 Å². The SMILES string of the molecule is CNC1c2ccccc2CCCC1OCCOCC(C)C. The highest BCUT2D eigenvalue weighted by atomic mass is 16.5. The number of hydrogen-bond acceptors (Lipinski definition) is 3. The molecule has 2 atom stereocenters. The molecule has 2 unspecified atom stereocenters. The lowest BCUT2D eigenvalue weighted by Gasteiger charge is -2.26. The topological polar surface area (TPSA) is 30.5 Å². The third-order valence-corrected chi connectivity index (χ3v) is 4.02. The van der Waals surface area contributed by atoms with E-state index in [9.17, 15) is 0 Å². The molecule has 1 aromatic carbocycles. The molecule has 1 aliphatic rings. The van der Waals surface area contributed by atoms with Gasteiger partial charge in [0.05, 0.1) is 25.4 Å². The first-order valence-corrected chi connectivity index (χ1v) is 8.16. The predicted molar refractivity (Wildman–Crippen MR) is 86.6 cm³/mol. The molecule has 0 heterocycles. The predicted octanol–water partition coefficient (Wildman–Crippen LogP) is 3.34. The maximum absolute atomic E-state index is 6.12. The number of nitrogens with one attached hydrogen (secondary N) is 1. The molecule has 1 aliphatic carbocycles. The molecule has 21 heavy (non-hydrogen) atoms. The maximum atomic E-state index is 6.12. The van der Waals surface area contributed by atoms with Crippen molar-refractivity contribution in [2.24, 2.45) is 5.92 Å². The van der Waals surface area contributed by atoms with Gasteiger partial charge < -0.3 is 14.8 Å². The zero-order valence-electron chi connectivity index (χ0n) is 13.6. The second-order valence-corrected chi connectivity index (χ2v) is 6.24. The van der Waals surface area contributed by atoms with Crippen LogP contribution in [0.5, 0.6) is 0 Å². The van der Waals surface area contributed by atoms with Crippen molar-refractivity contribution in [1.29, 1.82) is 0 Å². The van der Waals surface area contributed by atoms with Crippen molar-refractivity contribution in [3.05, 3.63) is 35.4 Å². The lowest BCUT2D eigenvalue weighted by atomic mass is 9.98. The molecule has 0 amide bonds. The van der Waals surface area contributed by atoms with Crippen molar-refractivity contribution in [3.8, 4) is 0 Å². The second kappa shape index (κ2) is 8.52. The molecule has 3 nitrogen and oxygen atoms in total. The highest BCUT2D eigenvalue weighted by Gasteiger charge is 2.26. The fourth-order valence-electron chi connectivity index (χ4n) is 3.02. The highest BCUT2D eigenvalue weighted by Crippen LogP contribution is 2.30. The van der Waals surface area contributed by atoms with Gasteiger partial charge in [-0.1, -0.05) is 38.1 Å². The molecule has 0 bridgehead atoms. The van der Waals surface area contributed by atoms with Crippen LogP contribution in [0.1, 0.15) is 43.9 Å². The number of fused-ring (bicyclic) bond motifs is 1. The van der Waals surface area contributed by atoms with Crippen molar-refractivity contribution in [2.45, 2.75) is 45.3 Å². The molecule has 3 heteroatoms. The molecule has 0 aliphatic heterocycles. The number of ether oxygens (including phenoxy) is 2. The first kappa shape index (κ1) is 16.5. The van der Waals surface area contributed by atoms with Crippen LogP contribution in [0, 0.1) is 5.92 Å². The summed E-state index contributed by atoms with van der Waals surface area (Å²) in [6, 6.07) is 9.01. The minimum atomic E-state index is 0.237. The lowest BCUT2D eigenvalue weighted by Crippen LogP contribution is -2.32. The largest absolute Gasteiger partial charge is 0.379 e. The Bertz CT molecular complexity index is 419. The zero-order valence-corrected chi connectivity index (χ0v) is 13.6. The van der Waals surface area contributed by atoms with E-state index >= 15 is 0 Å². The second-order valence-electron chi connectivity index (χ2n) is 6.24. The molecule has 0 saturated carbocycles. The maximum Gasteiger partial charge on any atom is 0.0771 e. The Morgan fingerprint density at radius 1 is 1.24 bits per heavy atom. The third kappa shape index (κ3) is 4.80. The number of likely N-dealkylation sites (N-methyl/N-ethyl adjacent to an activating group) is 1. The van der Waals surface area contributed by atoms with E-state index < -0.39 is 0 Å². The smallest absolute Gasteiger partial charge is 0.0771 e. The summed E-state index contributed by atoms with van der Waals surface area (Å²) in [5, 5.41) is 3.44. The number of rotatable bonds is 7. The van der Waals surface area contributed by atoms with E-state index in [1.165, 1.54) is 17.5 Å². The van der Waals surface area contributed by atoms with Crippen molar-refractivity contribution >= 4 is 0 Å². The monoisotopic (exact) mass is 291 g/mol. The molecule has 0 saturated heterocycles. The standard InChI is InChI=1S/C18H29NO2/c1-14(2)13-20-11-12-21-17-10-6-8-15-7-4-5-9-16(15)18(17)19-3/h4-5,7,9,14,17-19H,6,8,10-13H2,1-3H3. The van der Waals surface area contributed by atoms with Gasteiger partial charge >= 0.3 is 0 Å². The van der Waals surface area contributed by atoms with E-state index in [2.05, 4.69) is 43.4 Å². The molecule has 0 spiro atoms. The quantitative estimate of drug-likeness (QED) is 0.617. The van der Waals surface area contributed by atoms with Crippen molar-refractivity contribution in [1.82, 2.24) is 5.32 Å². The van der Waals surface area contributed by atoms with Crippen LogP contribution in [0.4, 0.5) is 0 Å². The summed E-state index contributed by atoms with van der Waals surface area (Å²) in [5.41, 5.74) is 2.85. The van der Waals surface area contributed by atoms with Crippen LogP contribution < -0.4 is 5.32 Å². The van der Waals surface area contributed by atoms with Gasteiger partial charge in [-0.25, -0.2) is 0 Å². The van der Waals surface area contributed by atoms with Gasteiger partial charge in [0.15, 0.2) is 0 Å². The van der Waals surface area contributed by atoms with E-state index in [1.807, 2.05) is 7.05 Å². The minimum absolute atomic E-state index is 0.237. The van der Waals surface area contributed by atoms with E-state index in [-0.39, 0.29) is 12.1 Å². The summed E-state index contributed by atoms with van der Waals surface area (Å²) >= 11 is 0. The summed E-state index contributed by atoms with van der Waals surface area (Å²) < 4.78 is 11.7. The normalized spacial score (nSPS) is 22.1. The van der Waals surface area contributed by atoms with Gasteiger partial charge in [0, 0.05) is 6.61 Å². The Kier molecular flexibility index (Phi) is 6.68. The van der Waals surface area contributed by atoms with Crippen LogP contribution in [0.2, 0.25) is 0 Å². The average Bonchev–Trinajstić information content (AvgIpc) is 2.65. The summed E-state index contributed by atoms with van der Waals surface area (Å²) in [4.78, 5) is 0. The first-order valence-electron chi connectivity index (χ1n) is 8.16. The molecule has 1 aromatic rings. The van der Waals surface area contributed by atoms with Gasteiger partial charge in [-0.3, -0.25) is 0 Å². The molecule has 0 fully saturated rings. The van der Waals surface area contributed by atoms with Crippen LogP contribution >= 0.6 is 0 Å². The fraction of sp³-hybridized carbons (Fsp3) is 0.667. The van der Waals surface area contributed by atoms with Gasteiger partial charge in [-0.2, -0.15) is 0 Å². The van der Waals surface area contributed by atoms with Gasteiger partial charge in [0.2, 0.25) is 0 Å². The average molecular weight is 291 g/mol. The summed E-state index contributed by atoms with van der Waals surface area (Å²) in [6.07, 6.45) is 3.68. The van der Waals surface area contributed by atoms with Crippen LogP contribution in [0.25, 0.3) is 0 Å². The number of benzene rings is 1. The molecule has 0 radical (unpaired) electrons. The van der Waals surface area contributed by atoms with Crippen molar-refractivity contribution in [3.63, 3.8) is 0 Å². The zero-order chi connectivity index (χ0) is 15.1. The summed E-state index contributed by atoms with van der Waals surface area (Å²) in [6.45, 7) is 6.51. The molecule has 118 valence electrons. The Morgan fingerprint density at radius 2 is 2.05 bits per heavy atom. The Balaban J connectivity index is 1.90. The Hall–Kier alpha value is -0.900. The molecular weight excluding hydrogens is 262 g/mol. The van der Waals surface area contributed by atoms with E-state index in [0.29, 0.717) is 19.1 Å². The van der Waals surface area contributed by atoms with E-state index in [0.717, 1.165) is 19.4 Å². The van der Waals surface area contributed by atoms with E-state index in [1.54, 1.807) is 0 Å². The molecule has 0 aromatic heterocycles. The molecule has 2 rings (SSSR count). The number of hydrogen-bond donors (Lipinski definition) is 1. The van der Waals surface area contributed by atoms with Gasteiger partial charge in [0.1, 0.15) is 0 Å². The number of aryl methyl sites for hydroxylation is 1. The summed E-state index contributed by atoms with van der Waals surface area (Å²) in [7, 11) is 2.03. The van der Waals surface area contributed by atoms with Crippen molar-refractivity contribution < 1.29 is 9.47 Å². The van der Waals surface area contributed by atoms with Crippen LogP contribution in [0.3, 0.4) is 0 Å². The third-order valence-electron chi connectivity index (χ3n) is 4.02. The Morgan fingerprint density at radius 3 is 2.81 bits per heavy atom. The van der Waals surface area contributed by atoms with Crippen molar-refractivity contribution in [2.75, 3.05) is 26.9 Å². The van der Waals surface area contributed by atoms with Crippen LogP contribution in [-0.4, -0.2) is 33.0 Å². The summed E-state index contributed by atoms with van der Waals surface area (Å²) in [5.74, 6) is 0.583. The van der Waals surface area contributed by atoms with Crippen LogP contribution in [0.15, 0.2) is 24.3 Å².